The molecule has 2 N–H and O–H groups in total. The van der Waals surface area contributed by atoms with Gasteiger partial charge in [0.05, 0.1) is 11.7 Å². The molecule has 27 heavy (non-hydrogen) atoms. The minimum absolute atomic E-state index is 0.0885. The number of fused-ring (bicyclic) bond motifs is 1. The van der Waals surface area contributed by atoms with Crippen molar-refractivity contribution in [3.05, 3.63) is 58.4 Å². The molecule has 0 aliphatic heterocycles. The van der Waals surface area contributed by atoms with E-state index in [4.69, 9.17) is 4.42 Å². The maximum atomic E-state index is 12.7. The Labute approximate surface area is 163 Å². The lowest BCUT2D eigenvalue weighted by Crippen LogP contribution is -2.44. The molecular weight excluding hydrogens is 358 g/mol. The molecule has 0 saturated heterocycles. The van der Waals surface area contributed by atoms with Gasteiger partial charge >= 0.3 is 0 Å². The van der Waals surface area contributed by atoms with Crippen molar-refractivity contribution in [2.45, 2.75) is 51.0 Å². The van der Waals surface area contributed by atoms with Crippen molar-refractivity contribution in [1.29, 1.82) is 0 Å². The average Bonchev–Trinajstić information content (AvgIpc) is 3.24. The van der Waals surface area contributed by atoms with Gasteiger partial charge in [-0.3, -0.25) is 4.79 Å². The van der Waals surface area contributed by atoms with E-state index in [1.165, 1.54) is 15.6 Å². The number of benzene rings is 1. The second kappa shape index (κ2) is 7.13. The summed E-state index contributed by atoms with van der Waals surface area (Å²) >= 11 is 1.75. The maximum Gasteiger partial charge on any atom is 0.254 e. The Hall–Kier alpha value is -2.11. The number of aliphatic hydroxyl groups excluding tert-OH is 1. The van der Waals surface area contributed by atoms with Gasteiger partial charge in [-0.25, -0.2) is 0 Å². The number of rotatable bonds is 4. The third-order valence-electron chi connectivity index (χ3n) is 5.84. The van der Waals surface area contributed by atoms with Gasteiger partial charge in [0.15, 0.2) is 0 Å². The molecule has 1 aliphatic carbocycles. The minimum Gasteiger partial charge on any atom is -0.466 e. The molecule has 1 saturated carbocycles. The van der Waals surface area contributed by atoms with Crippen LogP contribution in [-0.2, 0) is 5.41 Å². The van der Waals surface area contributed by atoms with Crippen LogP contribution in [0, 0.1) is 13.8 Å². The van der Waals surface area contributed by atoms with Gasteiger partial charge < -0.3 is 14.8 Å². The van der Waals surface area contributed by atoms with Gasteiger partial charge in [0, 0.05) is 16.7 Å². The van der Waals surface area contributed by atoms with Gasteiger partial charge in [-0.2, -0.15) is 0 Å². The third-order valence-corrected chi connectivity index (χ3v) is 6.80. The molecule has 1 aliphatic rings. The van der Waals surface area contributed by atoms with Crippen LogP contribution in [0.1, 0.15) is 53.1 Å². The second-order valence-corrected chi connectivity index (χ2v) is 8.58. The summed E-state index contributed by atoms with van der Waals surface area (Å²) in [5, 5.41) is 16.7. The van der Waals surface area contributed by atoms with Crippen molar-refractivity contribution < 1.29 is 14.3 Å². The number of hydrogen-bond donors (Lipinski definition) is 2. The molecule has 0 radical (unpaired) electrons. The molecule has 0 spiro atoms. The Balaban J connectivity index is 1.63. The van der Waals surface area contributed by atoms with Crippen LogP contribution in [0.5, 0.6) is 0 Å². The fourth-order valence-corrected chi connectivity index (χ4v) is 5.37. The number of furan rings is 1. The molecule has 142 valence electrons. The van der Waals surface area contributed by atoms with Crippen LogP contribution in [0.15, 0.2) is 40.1 Å². The van der Waals surface area contributed by atoms with E-state index in [0.717, 1.165) is 31.4 Å². The highest BCUT2D eigenvalue weighted by Gasteiger charge is 2.38. The van der Waals surface area contributed by atoms with Gasteiger partial charge in [-0.15, -0.1) is 11.3 Å². The molecule has 1 fully saturated rings. The van der Waals surface area contributed by atoms with Gasteiger partial charge in [-0.05, 0) is 68.0 Å². The first-order valence-corrected chi connectivity index (χ1v) is 10.4. The first kappa shape index (κ1) is 18.3. The second-order valence-electron chi connectivity index (χ2n) is 7.67. The number of aryl methyl sites for hydroxylation is 2. The molecule has 5 heteroatoms. The lowest BCUT2D eigenvalue weighted by molar-refractivity contribution is 0.0854. The van der Waals surface area contributed by atoms with E-state index in [0.29, 0.717) is 17.9 Å². The SMILES string of the molecule is Cc1cc(C(=O)NC[C@]2(c3csc4ccccc43)CC[C@H](O)CC2)c(C)o1. The van der Waals surface area contributed by atoms with Gasteiger partial charge in [0.1, 0.15) is 11.5 Å². The van der Waals surface area contributed by atoms with E-state index < -0.39 is 0 Å². The zero-order valence-corrected chi connectivity index (χ0v) is 16.6. The van der Waals surface area contributed by atoms with Crippen LogP contribution in [0.4, 0.5) is 0 Å². The minimum atomic E-state index is -0.238. The Kier molecular flexibility index (Phi) is 4.82. The van der Waals surface area contributed by atoms with Crippen molar-refractivity contribution in [2.75, 3.05) is 6.54 Å². The summed E-state index contributed by atoms with van der Waals surface area (Å²) < 4.78 is 6.77. The Morgan fingerprint density at radius 2 is 2.04 bits per heavy atom. The van der Waals surface area contributed by atoms with E-state index in [2.05, 4.69) is 35.0 Å². The summed E-state index contributed by atoms with van der Waals surface area (Å²) in [6.45, 7) is 4.25. The summed E-state index contributed by atoms with van der Waals surface area (Å²) in [4.78, 5) is 12.7. The molecule has 3 aromatic rings. The van der Waals surface area contributed by atoms with Crippen molar-refractivity contribution in [1.82, 2.24) is 5.32 Å². The molecule has 0 atom stereocenters. The zero-order valence-electron chi connectivity index (χ0n) is 15.7. The smallest absolute Gasteiger partial charge is 0.254 e. The molecule has 4 nitrogen and oxygen atoms in total. The first-order chi connectivity index (χ1) is 13.0. The highest BCUT2D eigenvalue weighted by molar-refractivity contribution is 7.17. The topological polar surface area (TPSA) is 62.5 Å². The lowest BCUT2D eigenvalue weighted by Gasteiger charge is -2.39. The fraction of sp³-hybridized carbons (Fsp3) is 0.409. The van der Waals surface area contributed by atoms with E-state index in [9.17, 15) is 9.90 Å². The number of amides is 1. The molecule has 0 bridgehead atoms. The number of nitrogens with one attached hydrogen (secondary N) is 1. The van der Waals surface area contributed by atoms with Gasteiger partial charge in [-0.1, -0.05) is 18.2 Å². The number of aliphatic hydroxyl groups is 1. The number of carbonyl (C=O) groups is 1. The van der Waals surface area contributed by atoms with E-state index in [-0.39, 0.29) is 17.4 Å². The van der Waals surface area contributed by atoms with Crippen LogP contribution in [-0.4, -0.2) is 23.7 Å². The highest BCUT2D eigenvalue weighted by Crippen LogP contribution is 2.44. The van der Waals surface area contributed by atoms with Crippen molar-refractivity contribution in [3.8, 4) is 0 Å². The summed E-state index contributed by atoms with van der Waals surface area (Å²) in [6, 6.07) is 10.2. The normalized spacial score (nSPS) is 22.9. The van der Waals surface area contributed by atoms with Gasteiger partial charge in [0.25, 0.3) is 5.91 Å². The quantitative estimate of drug-likeness (QED) is 0.686. The Bertz CT molecular complexity index is 963. The fourth-order valence-electron chi connectivity index (χ4n) is 4.29. The molecule has 1 amide bonds. The number of hydrogen-bond acceptors (Lipinski definition) is 4. The van der Waals surface area contributed by atoms with Crippen molar-refractivity contribution >= 4 is 27.3 Å². The highest BCUT2D eigenvalue weighted by atomic mass is 32.1. The Morgan fingerprint density at radius 1 is 1.30 bits per heavy atom. The summed E-state index contributed by atoms with van der Waals surface area (Å²) in [6.07, 6.45) is 3.04. The summed E-state index contributed by atoms with van der Waals surface area (Å²) in [7, 11) is 0. The van der Waals surface area contributed by atoms with E-state index in [1.54, 1.807) is 17.4 Å². The third kappa shape index (κ3) is 3.42. The van der Waals surface area contributed by atoms with Crippen molar-refractivity contribution in [3.63, 3.8) is 0 Å². The summed E-state index contributed by atoms with van der Waals surface area (Å²) in [5.74, 6) is 1.31. The number of carbonyl (C=O) groups excluding carboxylic acids is 1. The molecule has 0 unspecified atom stereocenters. The lowest BCUT2D eigenvalue weighted by atomic mass is 9.68. The van der Waals surface area contributed by atoms with Crippen molar-refractivity contribution in [2.24, 2.45) is 0 Å². The average molecular weight is 384 g/mol. The predicted octanol–water partition coefficient (Wildman–Crippen LogP) is 4.71. The predicted molar refractivity (Wildman–Crippen MR) is 108 cm³/mol. The summed E-state index contributed by atoms with van der Waals surface area (Å²) in [5.41, 5.74) is 1.77. The largest absolute Gasteiger partial charge is 0.466 e. The molecule has 1 aromatic carbocycles. The zero-order chi connectivity index (χ0) is 19.0. The standard InChI is InChI=1S/C22H25NO3S/c1-14-11-18(15(2)26-14)21(25)23-13-22(9-7-16(24)8-10-22)19-12-27-20-6-4-3-5-17(19)20/h3-6,11-12,16,24H,7-10,13H2,1-2H3,(H,23,25)/t16-,22-. The molecule has 2 heterocycles. The van der Waals surface area contributed by atoms with Gasteiger partial charge in [0.2, 0.25) is 0 Å². The van der Waals surface area contributed by atoms with Crippen LogP contribution < -0.4 is 5.32 Å². The van der Waals surface area contributed by atoms with Crippen LogP contribution in [0.3, 0.4) is 0 Å². The molecule has 2 aromatic heterocycles. The maximum absolute atomic E-state index is 12.7. The molecule has 4 rings (SSSR count). The van der Waals surface area contributed by atoms with Crippen LogP contribution in [0.2, 0.25) is 0 Å². The number of thiophene rings is 1. The Morgan fingerprint density at radius 3 is 2.74 bits per heavy atom. The van der Waals surface area contributed by atoms with E-state index in [1.807, 2.05) is 13.8 Å². The van der Waals surface area contributed by atoms with Crippen LogP contribution in [0.25, 0.3) is 10.1 Å². The molecular formula is C22H25NO3S. The first-order valence-electron chi connectivity index (χ1n) is 9.48. The van der Waals surface area contributed by atoms with Crippen LogP contribution >= 0.6 is 11.3 Å². The monoisotopic (exact) mass is 383 g/mol. The van der Waals surface area contributed by atoms with E-state index >= 15 is 0 Å².